The van der Waals surface area contributed by atoms with Gasteiger partial charge in [0.15, 0.2) is 0 Å². The van der Waals surface area contributed by atoms with Crippen molar-refractivity contribution in [3.8, 4) is 35.5 Å². The van der Waals surface area contributed by atoms with E-state index in [0.717, 1.165) is 22.6 Å². The molecule has 29 heavy (non-hydrogen) atoms. The Morgan fingerprint density at radius 1 is 1.07 bits per heavy atom. The van der Waals surface area contributed by atoms with Gasteiger partial charge in [0.1, 0.15) is 22.9 Å². The number of hydrogen-bond acceptors (Lipinski definition) is 7. The average Bonchev–Trinajstić information content (AvgIpc) is 2.76. The lowest BCUT2D eigenvalue weighted by atomic mass is 10.1. The van der Waals surface area contributed by atoms with Crippen molar-refractivity contribution >= 4 is 23.5 Å². The van der Waals surface area contributed by atoms with Crippen LogP contribution in [0.15, 0.2) is 29.8 Å². The number of thioether (sulfide) groups is 1. The predicted molar refractivity (Wildman–Crippen MR) is 119 cm³/mol. The molecule has 6 nitrogen and oxygen atoms in total. The van der Waals surface area contributed by atoms with Crippen LogP contribution in [0, 0.1) is 12.3 Å². The average molecular weight is 415 g/mol. The van der Waals surface area contributed by atoms with Gasteiger partial charge in [-0.05, 0) is 23.1 Å². The Morgan fingerprint density at radius 2 is 1.76 bits per heavy atom. The van der Waals surface area contributed by atoms with Crippen molar-refractivity contribution < 1.29 is 18.9 Å². The van der Waals surface area contributed by atoms with Crippen LogP contribution in [0.3, 0.4) is 0 Å². The van der Waals surface area contributed by atoms with Crippen LogP contribution in [0.5, 0.6) is 23.1 Å². The lowest BCUT2D eigenvalue weighted by Crippen LogP contribution is -2.18. The molecule has 0 amide bonds. The van der Waals surface area contributed by atoms with E-state index < -0.39 is 0 Å². The molecule has 1 aromatic carbocycles. The Hall–Kier alpha value is -2.98. The van der Waals surface area contributed by atoms with Gasteiger partial charge in [0, 0.05) is 31.1 Å². The summed E-state index contributed by atoms with van der Waals surface area (Å²) in [6, 6.07) is 5.69. The number of aromatic nitrogens is 1. The van der Waals surface area contributed by atoms with Crippen molar-refractivity contribution in [2.75, 3.05) is 46.9 Å². The summed E-state index contributed by atoms with van der Waals surface area (Å²) in [5.74, 6) is 5.97. The minimum atomic E-state index is 0.478. The maximum absolute atomic E-state index is 5.47. The Morgan fingerprint density at radius 3 is 2.31 bits per heavy atom. The molecule has 0 aliphatic heterocycles. The summed E-state index contributed by atoms with van der Waals surface area (Å²) in [4.78, 5) is 6.32. The molecule has 0 saturated carbocycles. The highest BCUT2D eigenvalue weighted by Crippen LogP contribution is 2.35. The standard InChI is InChI=1S/C22H26N2O4S/c1-7-9-24(2)19-11-16(14-23-22(19)28-6)15-29-10-8-18-20(26-4)12-17(25-3)13-21(18)27-5/h1,8,10-14H,9,15H2,2-6H3/b10-8+. The third kappa shape index (κ3) is 5.75. The van der Waals surface area contributed by atoms with E-state index in [-0.39, 0.29) is 0 Å². The number of nitrogens with zero attached hydrogens (tertiary/aromatic N) is 2. The zero-order chi connectivity index (χ0) is 21.2. The summed E-state index contributed by atoms with van der Waals surface area (Å²) in [5, 5.41) is 2.00. The van der Waals surface area contributed by atoms with Crippen LogP contribution in [0.2, 0.25) is 0 Å². The van der Waals surface area contributed by atoms with Crippen LogP contribution in [0.1, 0.15) is 11.1 Å². The second kappa shape index (κ2) is 11.1. The van der Waals surface area contributed by atoms with Gasteiger partial charge in [-0.25, -0.2) is 4.98 Å². The molecule has 0 fully saturated rings. The van der Waals surface area contributed by atoms with E-state index in [4.69, 9.17) is 25.4 Å². The maximum atomic E-state index is 5.47. The van der Waals surface area contributed by atoms with E-state index in [1.165, 1.54) is 0 Å². The van der Waals surface area contributed by atoms with Crippen molar-refractivity contribution in [2.45, 2.75) is 5.75 Å². The zero-order valence-corrected chi connectivity index (χ0v) is 18.2. The lowest BCUT2D eigenvalue weighted by Gasteiger charge is -2.19. The molecule has 2 rings (SSSR count). The van der Waals surface area contributed by atoms with Crippen molar-refractivity contribution in [1.29, 1.82) is 0 Å². The molecule has 0 aliphatic carbocycles. The third-order valence-electron chi connectivity index (χ3n) is 4.16. The van der Waals surface area contributed by atoms with Crippen molar-refractivity contribution in [1.82, 2.24) is 4.98 Å². The number of anilines is 1. The minimum Gasteiger partial charge on any atom is -0.496 e. The molecule has 0 spiro atoms. The SMILES string of the molecule is C#CCN(C)c1cc(CS/C=C/c2c(OC)cc(OC)cc2OC)cnc1OC. The van der Waals surface area contributed by atoms with Gasteiger partial charge < -0.3 is 23.8 Å². The fraction of sp³-hybridized carbons (Fsp3) is 0.318. The van der Waals surface area contributed by atoms with Crippen LogP contribution < -0.4 is 23.8 Å². The van der Waals surface area contributed by atoms with Crippen LogP contribution >= 0.6 is 11.8 Å². The van der Waals surface area contributed by atoms with E-state index >= 15 is 0 Å². The van der Waals surface area contributed by atoms with Gasteiger partial charge in [-0.3, -0.25) is 0 Å². The minimum absolute atomic E-state index is 0.478. The zero-order valence-electron chi connectivity index (χ0n) is 17.4. The summed E-state index contributed by atoms with van der Waals surface area (Å²) >= 11 is 1.63. The van der Waals surface area contributed by atoms with Crippen LogP contribution in [-0.2, 0) is 5.75 Å². The van der Waals surface area contributed by atoms with E-state index in [1.807, 2.05) is 41.6 Å². The fourth-order valence-electron chi connectivity index (χ4n) is 2.67. The van der Waals surface area contributed by atoms with E-state index in [0.29, 0.717) is 29.7 Å². The van der Waals surface area contributed by atoms with Gasteiger partial charge in [0.25, 0.3) is 0 Å². The molecule has 1 heterocycles. The third-order valence-corrected chi connectivity index (χ3v) is 4.98. The maximum Gasteiger partial charge on any atom is 0.237 e. The van der Waals surface area contributed by atoms with Crippen LogP contribution in [-0.4, -0.2) is 47.0 Å². The summed E-state index contributed by atoms with van der Waals surface area (Å²) in [5.41, 5.74) is 2.78. The molecule has 0 bridgehead atoms. The molecule has 7 heteroatoms. The number of benzene rings is 1. The highest BCUT2D eigenvalue weighted by atomic mass is 32.2. The van der Waals surface area contributed by atoms with Crippen molar-refractivity contribution in [3.05, 3.63) is 40.9 Å². The van der Waals surface area contributed by atoms with E-state index in [1.54, 1.807) is 46.4 Å². The van der Waals surface area contributed by atoms with Gasteiger partial charge in [-0.2, -0.15) is 0 Å². The fourth-order valence-corrected chi connectivity index (χ4v) is 3.35. The van der Waals surface area contributed by atoms with Gasteiger partial charge in [0.05, 0.1) is 40.5 Å². The molecule has 0 atom stereocenters. The number of methoxy groups -OCH3 is 4. The molecule has 0 N–H and O–H groups in total. The highest BCUT2D eigenvalue weighted by molar-refractivity contribution is 8.01. The first kappa shape index (κ1) is 22.3. The molecule has 1 aromatic heterocycles. The monoisotopic (exact) mass is 414 g/mol. The second-order valence-electron chi connectivity index (χ2n) is 5.99. The molecule has 0 saturated heterocycles. The molecular formula is C22H26N2O4S. The van der Waals surface area contributed by atoms with Crippen molar-refractivity contribution in [3.63, 3.8) is 0 Å². The number of ether oxygens (including phenoxy) is 4. The van der Waals surface area contributed by atoms with Crippen molar-refractivity contribution in [2.24, 2.45) is 0 Å². The lowest BCUT2D eigenvalue weighted by molar-refractivity contribution is 0.374. The molecular weight excluding hydrogens is 388 g/mol. The summed E-state index contributed by atoms with van der Waals surface area (Å²) in [6.45, 7) is 0.478. The molecule has 0 aliphatic rings. The quantitative estimate of drug-likeness (QED) is 0.543. The summed E-state index contributed by atoms with van der Waals surface area (Å²) < 4.78 is 21.6. The van der Waals surface area contributed by atoms with Gasteiger partial charge in [0.2, 0.25) is 5.88 Å². The van der Waals surface area contributed by atoms with Gasteiger partial charge in [-0.15, -0.1) is 18.2 Å². The predicted octanol–water partition coefficient (Wildman–Crippen LogP) is 4.09. The van der Waals surface area contributed by atoms with E-state index in [2.05, 4.69) is 10.9 Å². The van der Waals surface area contributed by atoms with E-state index in [9.17, 15) is 0 Å². The first-order valence-corrected chi connectivity index (χ1v) is 9.88. The first-order chi connectivity index (χ1) is 14.1. The highest BCUT2D eigenvalue weighted by Gasteiger charge is 2.12. The number of pyridine rings is 1. The number of terminal acetylenes is 1. The Bertz CT molecular complexity index is 868. The summed E-state index contributed by atoms with van der Waals surface area (Å²) in [6.07, 6.45) is 9.19. The molecule has 0 unspecified atom stereocenters. The van der Waals surface area contributed by atoms with Crippen LogP contribution in [0.25, 0.3) is 6.08 Å². The molecule has 2 aromatic rings. The topological polar surface area (TPSA) is 53.1 Å². The smallest absolute Gasteiger partial charge is 0.237 e. The summed E-state index contributed by atoms with van der Waals surface area (Å²) in [7, 11) is 8.37. The Kier molecular flexibility index (Phi) is 8.56. The normalized spacial score (nSPS) is 10.5. The Balaban J connectivity index is 2.15. The molecule has 154 valence electrons. The number of rotatable bonds is 10. The number of hydrogen-bond donors (Lipinski definition) is 0. The van der Waals surface area contributed by atoms with Gasteiger partial charge in [-0.1, -0.05) is 5.92 Å². The Labute approximate surface area is 176 Å². The first-order valence-electron chi connectivity index (χ1n) is 8.83. The second-order valence-corrected chi connectivity index (χ2v) is 6.89. The van der Waals surface area contributed by atoms with Crippen LogP contribution in [0.4, 0.5) is 5.69 Å². The molecule has 0 radical (unpaired) electrons. The van der Waals surface area contributed by atoms with Gasteiger partial charge >= 0.3 is 0 Å². The largest absolute Gasteiger partial charge is 0.496 e.